The fraction of sp³-hybridized carbons (Fsp3) is 0.554. The Balaban J connectivity index is 0.693. The minimum absolute atomic E-state index is 0.00197. The lowest BCUT2D eigenvalue weighted by molar-refractivity contribution is -0.484. The molecule has 4 fully saturated rings. The summed E-state index contributed by atoms with van der Waals surface area (Å²) in [5.41, 5.74) is 9.90. The average Bonchev–Trinajstić information content (AvgIpc) is 4.10. The number of carbonyl (C=O) groups excluding carboxylic acids is 1. The van der Waals surface area contributed by atoms with Crippen molar-refractivity contribution in [2.24, 2.45) is 23.5 Å². The van der Waals surface area contributed by atoms with Crippen LogP contribution >= 0.6 is 0 Å². The number of hydrogen-bond acceptors (Lipinski definition) is 11. The highest BCUT2D eigenvalue weighted by Crippen LogP contribution is 2.46. The number of nitriles is 1. The van der Waals surface area contributed by atoms with Gasteiger partial charge in [-0.1, -0.05) is 4.68 Å². The van der Waals surface area contributed by atoms with Crippen LogP contribution in [0.25, 0.3) is 11.1 Å². The lowest BCUT2D eigenvalue weighted by atomic mass is 9.77. The molecule has 0 bridgehead atoms. The van der Waals surface area contributed by atoms with Crippen LogP contribution in [0.15, 0.2) is 71.2 Å². The zero-order valence-electron chi connectivity index (χ0n) is 42.8. The molecule has 8 heterocycles. The zero-order chi connectivity index (χ0) is 49.8. The van der Waals surface area contributed by atoms with Crippen molar-refractivity contribution in [1.82, 2.24) is 29.8 Å². The van der Waals surface area contributed by atoms with Crippen LogP contribution in [0.1, 0.15) is 113 Å². The second kappa shape index (κ2) is 19.7. The predicted molar refractivity (Wildman–Crippen MR) is 279 cm³/mol. The molecule has 7 aliphatic rings. The number of hydrazone groups is 1. The van der Waals surface area contributed by atoms with Gasteiger partial charge in [0, 0.05) is 132 Å². The quantitative estimate of drug-likeness (QED) is 0.159. The standard InChI is InChI=1S/C56H70F2N13O/c1-37-27-46(13-10-42(37)31-59)70-36-56(30-38(70)2)19-25-67(26-20-56)53-15-14-52(61-62-53)65(5)44-16-22-66(23-17-44)33-40-8-11-45(12-9-40)71-50-18-24-68(39(3)72)35-49(50)55(63-71)69-21-6-7-41-28-47(43-32-60-64(4)34-43)48(54(57)58)29-51(41)69/h10,13-15,27-29,32,34,38,40,44,54H,6-9,11-12,16-26,30,33,35-36H2,1-5H3/q+1/t38-,40?/m0/s1. The molecule has 0 unspecified atom stereocenters. The second-order valence-electron chi connectivity index (χ2n) is 22.1. The number of aryl methyl sites for hydroxylation is 3. The van der Waals surface area contributed by atoms with Gasteiger partial charge in [-0.25, -0.2) is 8.78 Å². The Kier molecular flexibility index (Phi) is 13.1. The number of likely N-dealkylation sites (tertiary alicyclic amines) is 1. The van der Waals surface area contributed by atoms with Gasteiger partial charge in [-0.15, -0.1) is 10.2 Å². The fourth-order valence-electron chi connectivity index (χ4n) is 13.3. The first-order valence-electron chi connectivity index (χ1n) is 26.6. The van der Waals surface area contributed by atoms with E-state index in [0.29, 0.717) is 54.2 Å². The summed E-state index contributed by atoms with van der Waals surface area (Å²) in [7, 11) is 3.98. The number of anilines is 4. The summed E-state index contributed by atoms with van der Waals surface area (Å²) >= 11 is 0. The van der Waals surface area contributed by atoms with Crippen molar-refractivity contribution in [3.63, 3.8) is 0 Å². The topological polar surface area (TPSA) is 119 Å². The number of hydrogen-bond donors (Lipinski definition) is 0. The molecule has 1 aliphatic carbocycles. The number of carbonyl (C=O) groups is 1. The third-order valence-electron chi connectivity index (χ3n) is 17.5. The minimum Gasteiger partial charge on any atom is -0.368 e. The van der Waals surface area contributed by atoms with E-state index in [2.05, 4.69) is 78.6 Å². The summed E-state index contributed by atoms with van der Waals surface area (Å²) in [6, 6.07) is 17.4. The van der Waals surface area contributed by atoms with Gasteiger partial charge >= 0.3 is 0 Å². The van der Waals surface area contributed by atoms with Gasteiger partial charge in [0.25, 0.3) is 6.43 Å². The molecular formula is C56H70F2N13O+. The van der Waals surface area contributed by atoms with Gasteiger partial charge in [0.1, 0.15) is 0 Å². The molecule has 1 amide bonds. The molecule has 1 saturated carbocycles. The van der Waals surface area contributed by atoms with E-state index in [4.69, 9.17) is 15.3 Å². The molecule has 1 atom stereocenters. The Labute approximate surface area is 423 Å². The van der Waals surface area contributed by atoms with E-state index in [-0.39, 0.29) is 11.5 Å². The highest BCUT2D eigenvalue weighted by atomic mass is 19.3. The number of rotatable bonds is 8. The molecule has 2 aromatic carbocycles. The molecule has 3 saturated heterocycles. The van der Waals surface area contributed by atoms with Gasteiger partial charge in [0.05, 0.1) is 36.4 Å². The summed E-state index contributed by atoms with van der Waals surface area (Å²) in [6.07, 6.45) is 13.0. The highest BCUT2D eigenvalue weighted by Gasteiger charge is 2.46. The maximum Gasteiger partial charge on any atom is 0.264 e. The lowest BCUT2D eigenvalue weighted by Crippen LogP contribution is -2.45. The van der Waals surface area contributed by atoms with Gasteiger partial charge in [0.2, 0.25) is 17.4 Å². The van der Waals surface area contributed by atoms with E-state index in [9.17, 15) is 18.8 Å². The number of amides is 1. The Bertz CT molecular complexity index is 2840. The number of benzene rings is 2. The summed E-state index contributed by atoms with van der Waals surface area (Å²) in [5, 5.41) is 28.6. The Morgan fingerprint density at radius 1 is 0.972 bits per heavy atom. The van der Waals surface area contributed by atoms with Crippen molar-refractivity contribution in [2.45, 2.75) is 116 Å². The maximum atomic E-state index is 14.8. The second-order valence-corrected chi connectivity index (χ2v) is 22.1. The number of alkyl halides is 2. The largest absolute Gasteiger partial charge is 0.368 e. The van der Waals surface area contributed by atoms with Crippen molar-refractivity contribution in [3.05, 3.63) is 88.4 Å². The molecule has 11 rings (SSSR count). The zero-order valence-corrected chi connectivity index (χ0v) is 42.8. The predicted octanol–water partition coefficient (Wildman–Crippen LogP) is 8.71. The van der Waals surface area contributed by atoms with Crippen LogP contribution in [0.3, 0.4) is 0 Å². The third-order valence-corrected chi connectivity index (χ3v) is 17.5. The van der Waals surface area contributed by atoms with E-state index in [0.717, 1.165) is 161 Å². The van der Waals surface area contributed by atoms with Crippen molar-refractivity contribution >= 4 is 40.5 Å². The van der Waals surface area contributed by atoms with Gasteiger partial charge in [0.15, 0.2) is 17.3 Å². The smallest absolute Gasteiger partial charge is 0.264 e. The number of halogens is 2. The molecule has 16 heteroatoms. The molecule has 378 valence electrons. The monoisotopic (exact) mass is 979 g/mol. The Morgan fingerprint density at radius 3 is 2.44 bits per heavy atom. The molecule has 14 nitrogen and oxygen atoms in total. The molecule has 6 aliphatic heterocycles. The Morgan fingerprint density at radius 2 is 1.76 bits per heavy atom. The van der Waals surface area contributed by atoms with Crippen LogP contribution in [0.4, 0.5) is 31.8 Å². The van der Waals surface area contributed by atoms with Crippen molar-refractivity contribution < 1.29 is 18.3 Å². The van der Waals surface area contributed by atoms with Gasteiger partial charge in [-0.2, -0.15) is 10.4 Å². The molecule has 0 radical (unpaired) electrons. The first kappa shape index (κ1) is 48.1. The summed E-state index contributed by atoms with van der Waals surface area (Å²) in [4.78, 5) is 26.8. The summed E-state index contributed by atoms with van der Waals surface area (Å²) in [6.45, 7) is 14.1. The molecular weight excluding hydrogens is 909 g/mol. The van der Waals surface area contributed by atoms with Crippen LogP contribution in [0.2, 0.25) is 0 Å². The first-order chi connectivity index (χ1) is 34.8. The van der Waals surface area contributed by atoms with E-state index < -0.39 is 6.43 Å². The van der Waals surface area contributed by atoms with Crippen molar-refractivity contribution in [3.8, 4) is 17.2 Å². The van der Waals surface area contributed by atoms with Crippen LogP contribution in [-0.2, 0) is 18.3 Å². The molecule has 2 aromatic heterocycles. The molecule has 0 N–H and O–H groups in total. The Hall–Kier alpha value is -6.21. The normalized spacial score (nSPS) is 22.7. The van der Waals surface area contributed by atoms with E-state index in [1.54, 1.807) is 37.1 Å². The van der Waals surface area contributed by atoms with Gasteiger partial charge < -0.3 is 29.4 Å². The van der Waals surface area contributed by atoms with E-state index in [1.165, 1.54) is 17.8 Å². The molecule has 1 spiro atoms. The summed E-state index contributed by atoms with van der Waals surface area (Å²) in [5.74, 6) is 3.36. The fourth-order valence-corrected chi connectivity index (χ4v) is 13.3. The van der Waals surface area contributed by atoms with Crippen LogP contribution in [-0.4, -0.2) is 130 Å². The minimum atomic E-state index is -2.65. The van der Waals surface area contributed by atoms with E-state index >= 15 is 0 Å². The number of piperidine rings is 2. The van der Waals surface area contributed by atoms with Crippen LogP contribution in [0, 0.1) is 29.6 Å². The lowest BCUT2D eigenvalue weighted by Gasteiger charge is -2.40. The van der Waals surface area contributed by atoms with E-state index in [1.807, 2.05) is 24.0 Å². The van der Waals surface area contributed by atoms with Crippen LogP contribution in [0.5, 0.6) is 0 Å². The van der Waals surface area contributed by atoms with Crippen molar-refractivity contribution in [1.29, 1.82) is 5.26 Å². The van der Waals surface area contributed by atoms with Crippen molar-refractivity contribution in [2.75, 3.05) is 85.6 Å². The molecule has 4 aromatic rings. The maximum absolute atomic E-state index is 14.8. The highest BCUT2D eigenvalue weighted by molar-refractivity contribution is 6.12. The number of amidine groups is 1. The number of fused-ring (bicyclic) bond motifs is 1. The van der Waals surface area contributed by atoms with Gasteiger partial charge in [-0.3, -0.25) is 9.48 Å². The summed E-state index contributed by atoms with van der Waals surface area (Å²) < 4.78 is 33.4. The number of aromatic nitrogens is 4. The van der Waals surface area contributed by atoms with Gasteiger partial charge in [-0.05, 0) is 142 Å². The first-order valence-corrected chi connectivity index (χ1v) is 26.6. The average molecular weight is 979 g/mol. The third kappa shape index (κ3) is 9.26. The SMILES string of the molecule is CC(=O)N1CCC2=C(C1)C(N1CCCc3cc(-c4cnn(C)c4)c(C(F)F)cc31)=N[N+]2=C1CCC(CN2CCC(N(C)c3ccc(N4CCC5(CC4)C[C@H](C)N(c4ccc(C#N)c(C)c4)C5)nn3)CC2)CC1. The molecule has 72 heavy (non-hydrogen) atoms. The van der Waals surface area contributed by atoms with Crippen LogP contribution < -0.4 is 19.6 Å². The number of nitrogens with zero attached hydrogens (tertiary/aromatic N) is 13.